The van der Waals surface area contributed by atoms with Gasteiger partial charge < -0.3 is 19.3 Å². The summed E-state index contributed by atoms with van der Waals surface area (Å²) in [5.41, 5.74) is 1.49. The molecule has 0 saturated heterocycles. The molecule has 2 aromatic rings. The number of carbonyl (C=O) groups is 2. The summed E-state index contributed by atoms with van der Waals surface area (Å²) in [6, 6.07) is 13.7. The normalized spacial score (nSPS) is 11.0. The number of nitrogens with zero attached hydrogens (tertiary/aromatic N) is 1. The van der Waals surface area contributed by atoms with E-state index in [9.17, 15) is 9.59 Å². The molecule has 1 N–H and O–H groups in total. The molecule has 6 heteroatoms. The lowest BCUT2D eigenvalue weighted by Gasteiger charge is -2.31. The van der Waals surface area contributed by atoms with E-state index < -0.39 is 0 Å². The van der Waals surface area contributed by atoms with Gasteiger partial charge in [-0.2, -0.15) is 0 Å². The van der Waals surface area contributed by atoms with Crippen molar-refractivity contribution in [1.82, 2.24) is 0 Å². The first-order valence-corrected chi connectivity index (χ1v) is 9.47. The van der Waals surface area contributed by atoms with Crippen molar-refractivity contribution in [3.8, 4) is 5.75 Å². The van der Waals surface area contributed by atoms with Crippen molar-refractivity contribution in [3.05, 3.63) is 59.7 Å². The third kappa shape index (κ3) is 5.57. The van der Waals surface area contributed by atoms with Crippen LogP contribution in [0, 0.1) is 0 Å². The Bertz CT molecular complexity index is 798. The maximum absolute atomic E-state index is 12.4. The van der Waals surface area contributed by atoms with Gasteiger partial charge in [0, 0.05) is 5.69 Å². The van der Waals surface area contributed by atoms with Gasteiger partial charge in [0.25, 0.3) is 5.91 Å². The van der Waals surface area contributed by atoms with Crippen LogP contribution in [0.3, 0.4) is 0 Å². The van der Waals surface area contributed by atoms with Crippen molar-refractivity contribution in [1.29, 1.82) is 0 Å². The fourth-order valence-electron chi connectivity index (χ4n) is 2.70. The van der Waals surface area contributed by atoms with E-state index in [0.717, 1.165) is 24.1 Å². The molecule has 0 unspecified atom stereocenters. The molecule has 150 valence electrons. The Balaban J connectivity index is 1.94. The molecule has 0 aliphatic carbocycles. The fraction of sp³-hybridized carbons (Fsp3) is 0.364. The second kappa shape index (κ2) is 9.90. The number of anilines is 1. The first-order chi connectivity index (χ1) is 13.4. The summed E-state index contributed by atoms with van der Waals surface area (Å²) in [4.78, 5) is 24.6. The number of rotatable bonds is 9. The van der Waals surface area contributed by atoms with Crippen LogP contribution in [0.4, 0.5) is 5.69 Å². The number of quaternary nitrogens is 1. The number of nitrogens with one attached hydrogen (secondary N) is 1. The zero-order valence-corrected chi connectivity index (χ0v) is 17.0. The van der Waals surface area contributed by atoms with E-state index >= 15 is 0 Å². The molecular formula is C22H29N2O4+. The Labute approximate surface area is 166 Å². The largest absolute Gasteiger partial charge is 0.496 e. The molecule has 2 rings (SSSR count). The van der Waals surface area contributed by atoms with Gasteiger partial charge >= 0.3 is 5.97 Å². The molecular weight excluding hydrogens is 356 g/mol. The van der Waals surface area contributed by atoms with Crippen molar-refractivity contribution in [2.75, 3.05) is 45.7 Å². The van der Waals surface area contributed by atoms with E-state index in [1.54, 1.807) is 48.5 Å². The van der Waals surface area contributed by atoms with Gasteiger partial charge in [0.2, 0.25) is 0 Å². The van der Waals surface area contributed by atoms with Crippen molar-refractivity contribution in [3.63, 3.8) is 0 Å². The maximum atomic E-state index is 12.4. The summed E-state index contributed by atoms with van der Waals surface area (Å²) in [6.45, 7) is 7.41. The van der Waals surface area contributed by atoms with Crippen molar-refractivity contribution >= 4 is 17.6 Å². The van der Waals surface area contributed by atoms with Crippen molar-refractivity contribution in [2.24, 2.45) is 0 Å². The van der Waals surface area contributed by atoms with E-state index in [0.29, 0.717) is 29.2 Å². The molecule has 0 radical (unpaired) electrons. The monoisotopic (exact) mass is 385 g/mol. The molecule has 0 fully saturated rings. The smallest absolute Gasteiger partial charge is 0.338 e. The summed E-state index contributed by atoms with van der Waals surface area (Å²) in [7, 11) is 3.67. The van der Waals surface area contributed by atoms with Crippen LogP contribution in [-0.4, -0.2) is 56.8 Å². The highest BCUT2D eigenvalue weighted by atomic mass is 16.5. The van der Waals surface area contributed by atoms with Gasteiger partial charge in [-0.05, 0) is 50.2 Å². The highest BCUT2D eigenvalue weighted by molar-refractivity contribution is 6.06. The van der Waals surface area contributed by atoms with Gasteiger partial charge in [-0.1, -0.05) is 12.1 Å². The number of esters is 1. The van der Waals surface area contributed by atoms with Crippen LogP contribution in [0.1, 0.15) is 34.6 Å². The number of hydrogen-bond acceptors (Lipinski definition) is 4. The molecule has 2 aromatic carbocycles. The predicted octanol–water partition coefficient (Wildman–Crippen LogP) is 3.59. The molecule has 0 spiro atoms. The Morgan fingerprint density at radius 3 is 2.25 bits per heavy atom. The number of ether oxygens (including phenoxy) is 2. The summed E-state index contributed by atoms with van der Waals surface area (Å²) in [5.74, 6) is -0.130. The van der Waals surface area contributed by atoms with Crippen LogP contribution in [0.5, 0.6) is 5.75 Å². The molecule has 0 atom stereocenters. The molecule has 6 nitrogen and oxygen atoms in total. The second-order valence-electron chi connectivity index (χ2n) is 6.84. The van der Waals surface area contributed by atoms with Crippen LogP contribution in [0.2, 0.25) is 0 Å². The second-order valence-corrected chi connectivity index (χ2v) is 6.84. The molecule has 28 heavy (non-hydrogen) atoms. The standard InChI is InChI=1S/C22H28N2O4/c1-5-24(3,6-2)15-16-28-22(26)17-11-13-18(14-12-17)23-21(25)19-9-7-8-10-20(19)27-4/h7-14H,5-6,15-16H2,1-4H3/p+1. The lowest BCUT2D eigenvalue weighted by atomic mass is 10.1. The van der Waals surface area contributed by atoms with Crippen LogP contribution in [0.15, 0.2) is 48.5 Å². The van der Waals surface area contributed by atoms with Crippen LogP contribution >= 0.6 is 0 Å². The van der Waals surface area contributed by atoms with E-state index in [2.05, 4.69) is 26.2 Å². The van der Waals surface area contributed by atoms with Crippen LogP contribution in [-0.2, 0) is 4.74 Å². The Kier molecular flexibility index (Phi) is 7.58. The molecule has 0 aromatic heterocycles. The highest BCUT2D eigenvalue weighted by Gasteiger charge is 2.17. The lowest BCUT2D eigenvalue weighted by Crippen LogP contribution is -2.46. The van der Waals surface area contributed by atoms with Crippen LogP contribution < -0.4 is 10.1 Å². The van der Waals surface area contributed by atoms with Crippen LogP contribution in [0.25, 0.3) is 0 Å². The van der Waals surface area contributed by atoms with Crippen molar-refractivity contribution in [2.45, 2.75) is 13.8 Å². The van der Waals surface area contributed by atoms with Crippen molar-refractivity contribution < 1.29 is 23.5 Å². The minimum absolute atomic E-state index is 0.274. The first kappa shape index (κ1) is 21.4. The number of hydrogen-bond donors (Lipinski definition) is 1. The third-order valence-corrected chi connectivity index (χ3v) is 5.12. The number of amides is 1. The van der Waals surface area contributed by atoms with E-state index in [1.807, 2.05) is 0 Å². The quantitative estimate of drug-likeness (QED) is 0.529. The zero-order chi connectivity index (χ0) is 20.6. The molecule has 1 amide bonds. The average Bonchev–Trinajstić information content (AvgIpc) is 2.73. The van der Waals surface area contributed by atoms with Gasteiger partial charge in [-0.3, -0.25) is 4.79 Å². The lowest BCUT2D eigenvalue weighted by molar-refractivity contribution is -0.906. The number of para-hydroxylation sites is 1. The molecule has 0 aliphatic heterocycles. The number of benzene rings is 2. The number of likely N-dealkylation sites (N-methyl/N-ethyl adjacent to an activating group) is 1. The summed E-state index contributed by atoms with van der Waals surface area (Å²) in [5, 5.41) is 2.80. The summed E-state index contributed by atoms with van der Waals surface area (Å²) in [6.07, 6.45) is 0. The van der Waals surface area contributed by atoms with E-state index in [-0.39, 0.29) is 11.9 Å². The molecule has 0 heterocycles. The molecule has 0 saturated carbocycles. The topological polar surface area (TPSA) is 64.6 Å². The summed E-state index contributed by atoms with van der Waals surface area (Å²) < 4.78 is 11.5. The van der Waals surface area contributed by atoms with E-state index in [1.165, 1.54) is 7.11 Å². The highest BCUT2D eigenvalue weighted by Crippen LogP contribution is 2.19. The SMILES string of the molecule is CC[N+](C)(CC)CCOC(=O)c1ccc(NC(=O)c2ccccc2OC)cc1. The minimum atomic E-state index is -0.360. The fourth-order valence-corrected chi connectivity index (χ4v) is 2.70. The maximum Gasteiger partial charge on any atom is 0.338 e. The molecule has 0 aliphatic rings. The zero-order valence-electron chi connectivity index (χ0n) is 17.0. The van der Waals surface area contributed by atoms with Gasteiger partial charge in [0.15, 0.2) is 0 Å². The minimum Gasteiger partial charge on any atom is -0.496 e. The number of methoxy groups -OCH3 is 1. The number of carbonyl (C=O) groups excluding carboxylic acids is 2. The van der Waals surface area contributed by atoms with Gasteiger partial charge in [-0.25, -0.2) is 4.79 Å². The first-order valence-electron chi connectivity index (χ1n) is 9.47. The Morgan fingerprint density at radius 2 is 1.64 bits per heavy atom. The predicted molar refractivity (Wildman–Crippen MR) is 110 cm³/mol. The Hall–Kier alpha value is -2.86. The summed E-state index contributed by atoms with van der Waals surface area (Å²) >= 11 is 0. The van der Waals surface area contributed by atoms with Gasteiger partial charge in [-0.15, -0.1) is 0 Å². The Morgan fingerprint density at radius 1 is 1.00 bits per heavy atom. The van der Waals surface area contributed by atoms with Gasteiger partial charge in [0.1, 0.15) is 18.9 Å². The third-order valence-electron chi connectivity index (χ3n) is 5.12. The van der Waals surface area contributed by atoms with Gasteiger partial charge in [0.05, 0.1) is 38.4 Å². The van der Waals surface area contributed by atoms with E-state index in [4.69, 9.17) is 9.47 Å². The average molecular weight is 385 g/mol. The molecule has 0 bridgehead atoms.